The fourth-order valence-corrected chi connectivity index (χ4v) is 3.38. The van der Waals surface area contributed by atoms with E-state index in [4.69, 9.17) is 4.74 Å². The molecule has 0 atom stereocenters. The SMILES string of the molecule is COc1ccc2[nH]c3c(C)c4ccccc4c(C)c3c2c1. The molecule has 0 amide bonds. The quantitative estimate of drug-likeness (QED) is 0.513. The van der Waals surface area contributed by atoms with Crippen molar-refractivity contribution in [1.29, 1.82) is 0 Å². The first-order chi connectivity index (χ1) is 10.2. The molecule has 21 heavy (non-hydrogen) atoms. The van der Waals surface area contributed by atoms with Gasteiger partial charge in [0.25, 0.3) is 0 Å². The number of aromatic amines is 1. The predicted octanol–water partition coefficient (Wildman–Crippen LogP) is 5.10. The Labute approximate surface area is 123 Å². The molecular formula is C19H17NO. The Morgan fingerprint density at radius 3 is 2.29 bits per heavy atom. The van der Waals surface area contributed by atoms with Crippen molar-refractivity contribution in [2.75, 3.05) is 7.11 Å². The lowest BCUT2D eigenvalue weighted by molar-refractivity contribution is 0.415. The van der Waals surface area contributed by atoms with E-state index in [1.165, 1.54) is 38.2 Å². The van der Waals surface area contributed by atoms with Crippen molar-refractivity contribution >= 4 is 32.6 Å². The second-order valence-corrected chi connectivity index (χ2v) is 5.58. The number of hydrogen-bond acceptors (Lipinski definition) is 1. The predicted molar refractivity (Wildman–Crippen MR) is 89.3 cm³/mol. The second-order valence-electron chi connectivity index (χ2n) is 5.58. The number of ether oxygens (including phenoxy) is 1. The summed E-state index contributed by atoms with van der Waals surface area (Å²) < 4.78 is 5.38. The fraction of sp³-hybridized carbons (Fsp3) is 0.158. The Morgan fingerprint density at radius 1 is 0.857 bits per heavy atom. The van der Waals surface area contributed by atoms with Crippen molar-refractivity contribution in [2.24, 2.45) is 0 Å². The zero-order valence-corrected chi connectivity index (χ0v) is 12.4. The van der Waals surface area contributed by atoms with Gasteiger partial charge in [0.05, 0.1) is 12.6 Å². The van der Waals surface area contributed by atoms with E-state index in [0.717, 1.165) is 11.3 Å². The minimum Gasteiger partial charge on any atom is -0.497 e. The van der Waals surface area contributed by atoms with Crippen LogP contribution >= 0.6 is 0 Å². The molecule has 0 unspecified atom stereocenters. The molecule has 1 N–H and O–H groups in total. The Morgan fingerprint density at radius 2 is 1.57 bits per heavy atom. The number of aryl methyl sites for hydroxylation is 2. The van der Waals surface area contributed by atoms with Crippen LogP contribution in [0.4, 0.5) is 0 Å². The van der Waals surface area contributed by atoms with Gasteiger partial charge in [-0.1, -0.05) is 24.3 Å². The third-order valence-corrected chi connectivity index (χ3v) is 4.49. The summed E-state index contributed by atoms with van der Waals surface area (Å²) in [5.74, 6) is 0.897. The lowest BCUT2D eigenvalue weighted by Gasteiger charge is -2.09. The first kappa shape index (κ1) is 12.3. The van der Waals surface area contributed by atoms with E-state index in [0.29, 0.717) is 0 Å². The van der Waals surface area contributed by atoms with Crippen LogP contribution in [0, 0.1) is 13.8 Å². The van der Waals surface area contributed by atoms with Crippen LogP contribution in [-0.4, -0.2) is 12.1 Å². The van der Waals surface area contributed by atoms with Gasteiger partial charge in [-0.3, -0.25) is 0 Å². The number of rotatable bonds is 1. The summed E-state index contributed by atoms with van der Waals surface area (Å²) in [5, 5.41) is 5.18. The van der Waals surface area contributed by atoms with Gasteiger partial charge in [-0.2, -0.15) is 0 Å². The molecule has 4 rings (SSSR count). The number of methoxy groups -OCH3 is 1. The van der Waals surface area contributed by atoms with Gasteiger partial charge in [-0.25, -0.2) is 0 Å². The van der Waals surface area contributed by atoms with Gasteiger partial charge in [0.15, 0.2) is 0 Å². The van der Waals surface area contributed by atoms with Crippen LogP contribution in [0.25, 0.3) is 32.6 Å². The number of nitrogens with one attached hydrogen (secondary N) is 1. The fourth-order valence-electron chi connectivity index (χ4n) is 3.38. The highest BCUT2D eigenvalue weighted by molar-refractivity contribution is 6.16. The van der Waals surface area contributed by atoms with E-state index in [2.05, 4.69) is 55.2 Å². The number of H-pyrrole nitrogens is 1. The first-order valence-corrected chi connectivity index (χ1v) is 7.18. The minimum absolute atomic E-state index is 0.897. The van der Waals surface area contributed by atoms with E-state index in [1.807, 2.05) is 6.07 Å². The van der Waals surface area contributed by atoms with Crippen molar-refractivity contribution in [3.63, 3.8) is 0 Å². The molecule has 2 heteroatoms. The smallest absolute Gasteiger partial charge is 0.119 e. The largest absolute Gasteiger partial charge is 0.497 e. The van der Waals surface area contributed by atoms with Crippen LogP contribution in [0.1, 0.15) is 11.1 Å². The van der Waals surface area contributed by atoms with Gasteiger partial charge in [-0.15, -0.1) is 0 Å². The van der Waals surface area contributed by atoms with Crippen LogP contribution in [0.2, 0.25) is 0 Å². The maximum atomic E-state index is 5.38. The van der Waals surface area contributed by atoms with E-state index < -0.39 is 0 Å². The minimum atomic E-state index is 0.897. The molecule has 3 aromatic carbocycles. The van der Waals surface area contributed by atoms with Crippen LogP contribution in [0.5, 0.6) is 5.75 Å². The molecule has 0 radical (unpaired) electrons. The topological polar surface area (TPSA) is 25.0 Å². The third kappa shape index (κ3) is 1.59. The highest BCUT2D eigenvalue weighted by Gasteiger charge is 2.13. The molecule has 0 saturated heterocycles. The standard InChI is InChI=1S/C19H17NO/c1-11-14-6-4-5-7-15(14)12(2)19-18(11)16-10-13(21-3)8-9-17(16)20-19/h4-10,20H,1-3H3. The van der Waals surface area contributed by atoms with Crippen LogP contribution < -0.4 is 4.74 Å². The summed E-state index contributed by atoms with van der Waals surface area (Å²) >= 11 is 0. The van der Waals surface area contributed by atoms with Crippen molar-refractivity contribution in [3.8, 4) is 5.75 Å². The number of fused-ring (bicyclic) bond motifs is 4. The van der Waals surface area contributed by atoms with Crippen LogP contribution in [0.3, 0.4) is 0 Å². The van der Waals surface area contributed by atoms with Crippen molar-refractivity contribution in [2.45, 2.75) is 13.8 Å². The van der Waals surface area contributed by atoms with Gasteiger partial charge >= 0.3 is 0 Å². The van der Waals surface area contributed by atoms with Crippen molar-refractivity contribution < 1.29 is 4.74 Å². The number of benzene rings is 3. The Kier molecular flexibility index (Phi) is 2.49. The summed E-state index contributed by atoms with van der Waals surface area (Å²) in [6.07, 6.45) is 0. The van der Waals surface area contributed by atoms with Crippen molar-refractivity contribution in [3.05, 3.63) is 53.6 Å². The molecular weight excluding hydrogens is 258 g/mol. The number of aromatic nitrogens is 1. The Hall–Kier alpha value is -2.48. The zero-order chi connectivity index (χ0) is 14.6. The van der Waals surface area contributed by atoms with Crippen LogP contribution in [-0.2, 0) is 0 Å². The summed E-state index contributed by atoms with van der Waals surface area (Å²) in [6, 6.07) is 14.8. The Balaban J connectivity index is 2.29. The summed E-state index contributed by atoms with van der Waals surface area (Å²) in [5.41, 5.74) is 5.02. The average molecular weight is 275 g/mol. The number of hydrogen-bond donors (Lipinski definition) is 1. The third-order valence-electron chi connectivity index (χ3n) is 4.49. The highest BCUT2D eigenvalue weighted by atomic mass is 16.5. The molecule has 0 saturated carbocycles. The van der Waals surface area contributed by atoms with E-state index >= 15 is 0 Å². The van der Waals surface area contributed by atoms with Gasteiger partial charge in [0.2, 0.25) is 0 Å². The lowest BCUT2D eigenvalue weighted by Crippen LogP contribution is -1.86. The highest BCUT2D eigenvalue weighted by Crippen LogP contribution is 2.37. The molecule has 0 aliphatic rings. The molecule has 1 heterocycles. The van der Waals surface area contributed by atoms with E-state index in [1.54, 1.807) is 7.11 Å². The first-order valence-electron chi connectivity index (χ1n) is 7.18. The molecule has 0 aliphatic heterocycles. The molecule has 0 spiro atoms. The zero-order valence-electron chi connectivity index (χ0n) is 12.4. The average Bonchev–Trinajstić information content (AvgIpc) is 2.91. The van der Waals surface area contributed by atoms with E-state index in [9.17, 15) is 0 Å². The van der Waals surface area contributed by atoms with Gasteiger partial charge in [0, 0.05) is 16.3 Å². The molecule has 104 valence electrons. The Bertz CT molecular complexity index is 995. The second kappa shape index (κ2) is 4.26. The van der Waals surface area contributed by atoms with E-state index in [-0.39, 0.29) is 0 Å². The maximum absolute atomic E-state index is 5.38. The summed E-state index contributed by atoms with van der Waals surface area (Å²) in [6.45, 7) is 4.40. The molecule has 4 aromatic rings. The monoisotopic (exact) mass is 275 g/mol. The van der Waals surface area contributed by atoms with Gasteiger partial charge in [-0.05, 0) is 53.9 Å². The molecule has 0 fully saturated rings. The summed E-state index contributed by atoms with van der Waals surface area (Å²) in [7, 11) is 1.71. The van der Waals surface area contributed by atoms with Gasteiger partial charge < -0.3 is 9.72 Å². The molecule has 2 nitrogen and oxygen atoms in total. The molecule has 1 aromatic heterocycles. The van der Waals surface area contributed by atoms with Crippen molar-refractivity contribution in [1.82, 2.24) is 4.98 Å². The molecule has 0 bridgehead atoms. The van der Waals surface area contributed by atoms with Gasteiger partial charge in [0.1, 0.15) is 5.75 Å². The summed E-state index contributed by atoms with van der Waals surface area (Å²) in [4.78, 5) is 3.57. The molecule has 0 aliphatic carbocycles. The maximum Gasteiger partial charge on any atom is 0.119 e. The normalized spacial score (nSPS) is 11.6. The lowest BCUT2D eigenvalue weighted by atomic mass is 9.96. The van der Waals surface area contributed by atoms with Crippen LogP contribution in [0.15, 0.2) is 42.5 Å².